The maximum Gasteiger partial charge on any atom is 0.411 e. The normalized spacial score (nSPS) is 10.1. The minimum atomic E-state index is -0.514. The summed E-state index contributed by atoms with van der Waals surface area (Å²) in [5.41, 5.74) is 2.85. The van der Waals surface area contributed by atoms with Crippen LogP contribution >= 0.6 is 0 Å². The number of hydrogen-bond acceptors (Lipinski definition) is 5. The van der Waals surface area contributed by atoms with Crippen LogP contribution in [0.15, 0.2) is 72.8 Å². The van der Waals surface area contributed by atoms with Gasteiger partial charge in [0.25, 0.3) is 0 Å². The minimum Gasteiger partial charge on any atom is -0.457 e. The van der Waals surface area contributed by atoms with E-state index in [1.165, 1.54) is 0 Å². The molecule has 0 bridgehead atoms. The van der Waals surface area contributed by atoms with Gasteiger partial charge in [-0.2, -0.15) is 0 Å². The molecule has 0 atom stereocenters. The number of rotatable bonds is 8. The summed E-state index contributed by atoms with van der Waals surface area (Å²) in [6.07, 6.45) is -0.514. The molecular weight excluding hydrogens is 394 g/mol. The number of amides is 2. The van der Waals surface area contributed by atoms with Crippen molar-refractivity contribution in [3.8, 4) is 11.5 Å². The predicted molar refractivity (Wildman–Crippen MR) is 122 cm³/mol. The first kappa shape index (κ1) is 21.7. The van der Waals surface area contributed by atoms with Gasteiger partial charge < -0.3 is 20.1 Å². The van der Waals surface area contributed by atoms with Crippen LogP contribution < -0.4 is 20.7 Å². The highest BCUT2D eigenvalue weighted by molar-refractivity contribution is 5.94. The number of anilines is 3. The highest BCUT2D eigenvalue weighted by atomic mass is 16.5. The average Bonchev–Trinajstić information content (AvgIpc) is 2.77. The number of nitrogens with one attached hydrogen (secondary N) is 3. The fourth-order valence-corrected chi connectivity index (χ4v) is 2.85. The van der Waals surface area contributed by atoms with Gasteiger partial charge in [-0.05, 0) is 67.9 Å². The second-order valence-corrected chi connectivity index (χ2v) is 6.66. The Morgan fingerprint density at radius 3 is 2.19 bits per heavy atom. The number of benzene rings is 3. The van der Waals surface area contributed by atoms with Gasteiger partial charge in [0.05, 0.1) is 13.2 Å². The second-order valence-electron chi connectivity index (χ2n) is 6.66. The molecule has 2 amide bonds. The van der Waals surface area contributed by atoms with E-state index in [1.54, 1.807) is 43.3 Å². The zero-order chi connectivity index (χ0) is 22.1. The third-order valence-corrected chi connectivity index (χ3v) is 4.40. The molecule has 0 saturated heterocycles. The Hall–Kier alpha value is -4.00. The first-order valence-electron chi connectivity index (χ1n) is 9.95. The number of carbonyl (C=O) groups excluding carboxylic acids is 2. The van der Waals surface area contributed by atoms with E-state index in [-0.39, 0.29) is 12.5 Å². The molecule has 3 aromatic carbocycles. The van der Waals surface area contributed by atoms with Crippen LogP contribution in [-0.4, -0.2) is 25.2 Å². The largest absolute Gasteiger partial charge is 0.457 e. The molecule has 3 rings (SSSR count). The topological polar surface area (TPSA) is 88.7 Å². The van der Waals surface area contributed by atoms with Gasteiger partial charge >= 0.3 is 6.09 Å². The molecule has 3 aromatic rings. The van der Waals surface area contributed by atoms with E-state index in [1.807, 2.05) is 43.3 Å². The lowest BCUT2D eigenvalue weighted by Gasteiger charge is -2.14. The van der Waals surface area contributed by atoms with Crippen molar-refractivity contribution in [2.24, 2.45) is 0 Å². The fraction of sp³-hybridized carbons (Fsp3) is 0.167. The van der Waals surface area contributed by atoms with E-state index in [9.17, 15) is 9.59 Å². The summed E-state index contributed by atoms with van der Waals surface area (Å²) in [5.74, 6) is 1.24. The van der Waals surface area contributed by atoms with E-state index in [2.05, 4.69) is 16.0 Å². The molecule has 0 heterocycles. The Morgan fingerprint density at radius 1 is 0.806 bits per heavy atom. The van der Waals surface area contributed by atoms with Crippen molar-refractivity contribution in [2.45, 2.75) is 13.8 Å². The molecule has 0 saturated carbocycles. The maximum absolute atomic E-state index is 12.3. The summed E-state index contributed by atoms with van der Waals surface area (Å²) in [6.45, 7) is 3.97. The number of carbonyl (C=O) groups is 2. The summed E-state index contributed by atoms with van der Waals surface area (Å²) < 4.78 is 10.7. The van der Waals surface area contributed by atoms with Crippen LogP contribution in [0.2, 0.25) is 0 Å². The molecule has 7 heteroatoms. The lowest BCUT2D eigenvalue weighted by Crippen LogP contribution is -2.22. The Bertz CT molecular complexity index is 1020. The first-order valence-corrected chi connectivity index (χ1v) is 9.95. The van der Waals surface area contributed by atoms with Crippen LogP contribution in [0.1, 0.15) is 12.5 Å². The SMILES string of the molecule is CCOC(=O)Nc1cccc(NCC(=O)Nc2ccc(Oc3ccccc3)cc2)c1C. The van der Waals surface area contributed by atoms with Crippen molar-refractivity contribution >= 4 is 29.1 Å². The highest BCUT2D eigenvalue weighted by Crippen LogP contribution is 2.24. The number of ether oxygens (including phenoxy) is 2. The van der Waals surface area contributed by atoms with Crippen molar-refractivity contribution in [1.82, 2.24) is 0 Å². The summed E-state index contributed by atoms with van der Waals surface area (Å²) in [7, 11) is 0. The first-order chi connectivity index (χ1) is 15.0. The van der Waals surface area contributed by atoms with E-state index in [4.69, 9.17) is 9.47 Å². The monoisotopic (exact) mass is 419 g/mol. The van der Waals surface area contributed by atoms with Crippen molar-refractivity contribution in [3.05, 3.63) is 78.4 Å². The second kappa shape index (κ2) is 10.7. The van der Waals surface area contributed by atoms with Crippen molar-refractivity contribution in [2.75, 3.05) is 29.1 Å². The number of hydrogen-bond donors (Lipinski definition) is 3. The molecule has 3 N–H and O–H groups in total. The molecule has 0 fully saturated rings. The molecule has 0 aromatic heterocycles. The molecule has 0 aliphatic heterocycles. The third-order valence-electron chi connectivity index (χ3n) is 4.40. The summed E-state index contributed by atoms with van der Waals surface area (Å²) in [5, 5.41) is 8.62. The van der Waals surface area contributed by atoms with Crippen molar-refractivity contribution < 1.29 is 19.1 Å². The summed E-state index contributed by atoms with van der Waals surface area (Å²) in [4.78, 5) is 24.0. The lowest BCUT2D eigenvalue weighted by atomic mass is 10.1. The standard InChI is InChI=1S/C24H25N3O4/c1-3-30-24(29)27-22-11-7-10-21(17(22)2)25-16-23(28)26-18-12-14-20(15-13-18)31-19-8-5-4-6-9-19/h4-15,25H,3,16H2,1-2H3,(H,26,28)(H,27,29). The van der Waals surface area contributed by atoms with Crippen LogP contribution in [-0.2, 0) is 9.53 Å². The van der Waals surface area contributed by atoms with Crippen LogP contribution in [0.25, 0.3) is 0 Å². The Labute approximate surface area is 181 Å². The van der Waals surface area contributed by atoms with E-state index >= 15 is 0 Å². The average molecular weight is 419 g/mol. The van der Waals surface area contributed by atoms with Crippen molar-refractivity contribution in [1.29, 1.82) is 0 Å². The van der Waals surface area contributed by atoms with E-state index in [0.29, 0.717) is 23.7 Å². The molecule has 0 aliphatic carbocycles. The Kier molecular flexibility index (Phi) is 7.48. The smallest absolute Gasteiger partial charge is 0.411 e. The predicted octanol–water partition coefficient (Wildman–Crippen LogP) is 5.41. The van der Waals surface area contributed by atoms with Gasteiger partial charge in [-0.1, -0.05) is 24.3 Å². The molecule has 0 spiro atoms. The number of para-hydroxylation sites is 1. The maximum atomic E-state index is 12.3. The summed E-state index contributed by atoms with van der Waals surface area (Å²) >= 11 is 0. The Balaban J connectivity index is 1.52. The van der Waals surface area contributed by atoms with Crippen LogP contribution in [0.3, 0.4) is 0 Å². The van der Waals surface area contributed by atoms with Crippen LogP contribution in [0.5, 0.6) is 11.5 Å². The molecule has 7 nitrogen and oxygen atoms in total. The zero-order valence-electron chi connectivity index (χ0n) is 17.5. The Morgan fingerprint density at radius 2 is 1.48 bits per heavy atom. The minimum absolute atomic E-state index is 0.0754. The quantitative estimate of drug-likeness (QED) is 0.455. The highest BCUT2D eigenvalue weighted by Gasteiger charge is 2.09. The molecule has 0 unspecified atom stereocenters. The van der Waals surface area contributed by atoms with Gasteiger partial charge in [0.1, 0.15) is 11.5 Å². The molecule has 0 radical (unpaired) electrons. The summed E-state index contributed by atoms with van der Waals surface area (Å²) in [6, 6.07) is 22.1. The molecule has 0 aliphatic rings. The van der Waals surface area contributed by atoms with Gasteiger partial charge in [-0.3, -0.25) is 10.1 Å². The van der Waals surface area contributed by atoms with Gasteiger partial charge in [-0.25, -0.2) is 4.79 Å². The molecular formula is C24H25N3O4. The molecule has 31 heavy (non-hydrogen) atoms. The zero-order valence-corrected chi connectivity index (χ0v) is 17.5. The van der Waals surface area contributed by atoms with E-state index < -0.39 is 6.09 Å². The van der Waals surface area contributed by atoms with Gasteiger partial charge in [-0.15, -0.1) is 0 Å². The van der Waals surface area contributed by atoms with Crippen LogP contribution in [0, 0.1) is 6.92 Å². The lowest BCUT2D eigenvalue weighted by molar-refractivity contribution is -0.114. The molecule has 160 valence electrons. The van der Waals surface area contributed by atoms with Gasteiger partial charge in [0, 0.05) is 17.1 Å². The van der Waals surface area contributed by atoms with E-state index in [0.717, 1.165) is 17.0 Å². The van der Waals surface area contributed by atoms with Crippen molar-refractivity contribution in [3.63, 3.8) is 0 Å². The van der Waals surface area contributed by atoms with Gasteiger partial charge in [0.2, 0.25) is 5.91 Å². The van der Waals surface area contributed by atoms with Crippen LogP contribution in [0.4, 0.5) is 21.9 Å². The third kappa shape index (κ3) is 6.50. The van der Waals surface area contributed by atoms with Gasteiger partial charge in [0.15, 0.2) is 0 Å². The fourth-order valence-electron chi connectivity index (χ4n) is 2.85.